The van der Waals surface area contributed by atoms with Gasteiger partial charge in [0.05, 0.1) is 17.6 Å². The summed E-state index contributed by atoms with van der Waals surface area (Å²) < 4.78 is 2.03. The first kappa shape index (κ1) is 22.5. The Hall–Kier alpha value is -3.19. The van der Waals surface area contributed by atoms with Crippen LogP contribution in [0.3, 0.4) is 0 Å². The Kier molecular flexibility index (Phi) is 7.41. The quantitative estimate of drug-likeness (QED) is 0.555. The number of hydrogen-bond acceptors (Lipinski definition) is 4. The van der Waals surface area contributed by atoms with Crippen molar-refractivity contribution in [2.24, 2.45) is 0 Å². The lowest BCUT2D eigenvalue weighted by atomic mass is 10.1. The maximum atomic E-state index is 12.6. The highest BCUT2D eigenvalue weighted by atomic mass is 16.2. The summed E-state index contributed by atoms with van der Waals surface area (Å²) in [6, 6.07) is 13.5. The number of para-hydroxylation sites is 2. The number of likely N-dealkylation sites (N-methyl/N-ethyl adjacent to an activating group) is 1. The number of hydrogen-bond donors (Lipinski definition) is 2. The van der Waals surface area contributed by atoms with Gasteiger partial charge in [-0.05, 0) is 51.2 Å². The number of amides is 2. The number of anilines is 1. The zero-order valence-electron chi connectivity index (χ0n) is 18.7. The number of nitrogens with one attached hydrogen (secondary N) is 2. The van der Waals surface area contributed by atoms with Crippen LogP contribution < -0.4 is 10.6 Å². The molecule has 0 bridgehead atoms. The molecule has 164 valence electrons. The van der Waals surface area contributed by atoms with Crippen LogP contribution in [0, 0.1) is 13.8 Å². The minimum Gasteiger partial charge on any atom is -0.343 e. The third-order valence-electron chi connectivity index (χ3n) is 5.33. The van der Waals surface area contributed by atoms with Gasteiger partial charge >= 0.3 is 0 Å². The second kappa shape index (κ2) is 10.2. The third-order valence-corrected chi connectivity index (χ3v) is 5.33. The van der Waals surface area contributed by atoms with E-state index in [1.807, 2.05) is 60.9 Å². The van der Waals surface area contributed by atoms with Crippen molar-refractivity contribution in [3.05, 3.63) is 59.2 Å². The van der Waals surface area contributed by atoms with Gasteiger partial charge in [-0.25, -0.2) is 4.98 Å². The Bertz CT molecular complexity index is 1050. The summed E-state index contributed by atoms with van der Waals surface area (Å²) in [5.74, 6) is -0.0758. The molecule has 0 aliphatic heterocycles. The summed E-state index contributed by atoms with van der Waals surface area (Å²) in [5, 5.41) is 5.57. The highest BCUT2D eigenvalue weighted by molar-refractivity contribution is 5.99. The number of benzene rings is 2. The number of carbonyl (C=O) groups is 2. The minimum absolute atomic E-state index is 0.120. The monoisotopic (exact) mass is 421 g/mol. The average molecular weight is 422 g/mol. The van der Waals surface area contributed by atoms with Crippen LogP contribution in [0.15, 0.2) is 42.5 Å². The molecule has 3 rings (SSSR count). The van der Waals surface area contributed by atoms with Crippen LogP contribution in [0.5, 0.6) is 0 Å². The molecule has 0 radical (unpaired) electrons. The highest BCUT2D eigenvalue weighted by Crippen LogP contribution is 2.19. The maximum absolute atomic E-state index is 12.6. The van der Waals surface area contributed by atoms with Crippen molar-refractivity contribution in [1.29, 1.82) is 0 Å². The van der Waals surface area contributed by atoms with Crippen molar-refractivity contribution < 1.29 is 9.59 Å². The van der Waals surface area contributed by atoms with Gasteiger partial charge in [0.1, 0.15) is 0 Å². The van der Waals surface area contributed by atoms with Crippen molar-refractivity contribution >= 4 is 28.8 Å². The fraction of sp³-hybridized carbons (Fsp3) is 0.375. The fourth-order valence-electron chi connectivity index (χ4n) is 3.72. The molecular formula is C24H31N5O2. The van der Waals surface area contributed by atoms with E-state index in [2.05, 4.69) is 34.4 Å². The largest absolute Gasteiger partial charge is 0.343 e. The van der Waals surface area contributed by atoms with E-state index in [1.54, 1.807) is 0 Å². The molecule has 7 heteroatoms. The number of rotatable bonds is 9. The fourth-order valence-corrected chi connectivity index (χ4v) is 3.72. The SMILES string of the molecule is CCN(CC)CCn1c(NC(=O)CNC(=O)c2cc(C)cc(C)c2)nc2ccccc21. The number of fused-ring (bicyclic) bond motifs is 1. The van der Waals surface area contributed by atoms with Gasteiger partial charge in [0.2, 0.25) is 11.9 Å². The smallest absolute Gasteiger partial charge is 0.251 e. The summed E-state index contributed by atoms with van der Waals surface area (Å²) in [6.07, 6.45) is 0. The summed E-state index contributed by atoms with van der Waals surface area (Å²) in [4.78, 5) is 31.9. The molecule has 0 saturated carbocycles. The average Bonchev–Trinajstić information content (AvgIpc) is 3.09. The number of aromatic nitrogens is 2. The van der Waals surface area contributed by atoms with Crippen LogP contribution in [0.2, 0.25) is 0 Å². The Labute approximate surface area is 183 Å². The molecule has 2 aromatic carbocycles. The van der Waals surface area contributed by atoms with Gasteiger partial charge in [-0.2, -0.15) is 0 Å². The molecule has 3 aromatic rings. The van der Waals surface area contributed by atoms with Crippen molar-refractivity contribution in [1.82, 2.24) is 19.8 Å². The van der Waals surface area contributed by atoms with E-state index in [0.717, 1.165) is 41.8 Å². The van der Waals surface area contributed by atoms with Gasteiger partial charge in [0.25, 0.3) is 5.91 Å². The zero-order chi connectivity index (χ0) is 22.4. The number of imidazole rings is 1. The first-order valence-corrected chi connectivity index (χ1v) is 10.7. The minimum atomic E-state index is -0.308. The highest BCUT2D eigenvalue weighted by Gasteiger charge is 2.15. The molecule has 2 amide bonds. The molecule has 0 spiro atoms. The lowest BCUT2D eigenvalue weighted by molar-refractivity contribution is -0.115. The van der Waals surface area contributed by atoms with E-state index in [4.69, 9.17) is 0 Å². The Morgan fingerprint density at radius 2 is 1.71 bits per heavy atom. The number of carbonyl (C=O) groups excluding carboxylic acids is 2. The van der Waals surface area contributed by atoms with Crippen molar-refractivity contribution in [2.75, 3.05) is 31.5 Å². The Morgan fingerprint density at radius 3 is 2.39 bits per heavy atom. The molecule has 0 aliphatic carbocycles. The van der Waals surface area contributed by atoms with Crippen LogP contribution in [0.1, 0.15) is 35.3 Å². The Morgan fingerprint density at radius 1 is 1.03 bits per heavy atom. The predicted molar refractivity (Wildman–Crippen MR) is 124 cm³/mol. The van der Waals surface area contributed by atoms with Crippen LogP contribution in [0.4, 0.5) is 5.95 Å². The number of nitrogens with zero attached hydrogens (tertiary/aromatic N) is 3. The molecule has 0 unspecified atom stereocenters. The van der Waals surface area contributed by atoms with Crippen molar-refractivity contribution in [3.8, 4) is 0 Å². The van der Waals surface area contributed by atoms with Gasteiger partial charge in [0, 0.05) is 18.7 Å². The lowest BCUT2D eigenvalue weighted by Crippen LogP contribution is -2.34. The van der Waals surface area contributed by atoms with Crippen molar-refractivity contribution in [3.63, 3.8) is 0 Å². The lowest BCUT2D eigenvalue weighted by Gasteiger charge is -2.19. The third kappa shape index (κ3) is 5.70. The van der Waals surface area contributed by atoms with E-state index in [0.29, 0.717) is 18.1 Å². The van der Waals surface area contributed by atoms with Gasteiger partial charge < -0.3 is 14.8 Å². The van der Waals surface area contributed by atoms with Crippen LogP contribution >= 0.6 is 0 Å². The molecule has 0 atom stereocenters. The summed E-state index contributed by atoms with van der Waals surface area (Å²) in [6.45, 7) is 11.5. The standard InChI is InChI=1S/C24H31N5O2/c1-5-28(6-2)11-12-29-21-10-8-7-9-20(21)26-24(29)27-22(30)16-25-23(31)19-14-17(3)13-18(4)15-19/h7-10,13-15H,5-6,11-12,16H2,1-4H3,(H,25,31)(H,26,27,30). The normalized spacial score (nSPS) is 11.1. The van der Waals surface area contributed by atoms with E-state index in [9.17, 15) is 9.59 Å². The van der Waals surface area contributed by atoms with Crippen LogP contribution in [0.25, 0.3) is 11.0 Å². The maximum Gasteiger partial charge on any atom is 0.251 e. The molecular weight excluding hydrogens is 390 g/mol. The number of aryl methyl sites for hydroxylation is 2. The van der Waals surface area contributed by atoms with E-state index >= 15 is 0 Å². The first-order valence-electron chi connectivity index (χ1n) is 10.7. The van der Waals surface area contributed by atoms with Gasteiger partial charge in [-0.15, -0.1) is 0 Å². The van der Waals surface area contributed by atoms with Crippen LogP contribution in [-0.4, -0.2) is 52.4 Å². The summed E-state index contributed by atoms with van der Waals surface area (Å²) >= 11 is 0. The van der Waals surface area contributed by atoms with E-state index in [-0.39, 0.29) is 18.4 Å². The van der Waals surface area contributed by atoms with Gasteiger partial charge in [-0.1, -0.05) is 43.2 Å². The predicted octanol–water partition coefficient (Wildman–Crippen LogP) is 3.36. The molecule has 1 heterocycles. The topological polar surface area (TPSA) is 79.3 Å². The van der Waals surface area contributed by atoms with Crippen molar-refractivity contribution in [2.45, 2.75) is 34.2 Å². The molecule has 0 aliphatic rings. The molecule has 2 N–H and O–H groups in total. The first-order chi connectivity index (χ1) is 14.9. The summed E-state index contributed by atoms with van der Waals surface area (Å²) in [7, 11) is 0. The zero-order valence-corrected chi connectivity index (χ0v) is 18.7. The van der Waals surface area contributed by atoms with Crippen LogP contribution in [-0.2, 0) is 11.3 Å². The molecule has 31 heavy (non-hydrogen) atoms. The van der Waals surface area contributed by atoms with Gasteiger partial charge in [0.15, 0.2) is 0 Å². The molecule has 0 fully saturated rings. The Balaban J connectivity index is 1.69. The molecule has 0 saturated heterocycles. The second-order valence-electron chi connectivity index (χ2n) is 7.71. The van der Waals surface area contributed by atoms with E-state index < -0.39 is 0 Å². The van der Waals surface area contributed by atoms with E-state index in [1.165, 1.54) is 0 Å². The van der Waals surface area contributed by atoms with Gasteiger partial charge in [-0.3, -0.25) is 14.9 Å². The molecule has 1 aromatic heterocycles. The second-order valence-corrected chi connectivity index (χ2v) is 7.71. The summed E-state index contributed by atoms with van der Waals surface area (Å²) in [5.41, 5.74) is 4.38. The molecule has 7 nitrogen and oxygen atoms in total.